The standard InChI is InChI=1S/C13H18N2O2/c1-9-3-4-10(2)15(8-9)13(17)11-7-14-6-5-12(11)16/h5-7,9-10H,3-4,8H2,1-2H3,(H,14,16). The third kappa shape index (κ3) is 2.40. The van der Waals surface area contributed by atoms with Crippen LogP contribution in [0.25, 0.3) is 0 Å². The molecule has 2 unspecified atom stereocenters. The van der Waals surface area contributed by atoms with Crippen molar-refractivity contribution in [3.63, 3.8) is 0 Å². The van der Waals surface area contributed by atoms with Crippen LogP contribution in [-0.2, 0) is 0 Å². The lowest BCUT2D eigenvalue weighted by atomic mass is 9.94. The van der Waals surface area contributed by atoms with Crippen LogP contribution < -0.4 is 5.43 Å². The Kier molecular flexibility index (Phi) is 3.31. The molecule has 1 fully saturated rings. The molecule has 1 saturated heterocycles. The normalized spacial score (nSPS) is 24.7. The van der Waals surface area contributed by atoms with Crippen molar-refractivity contribution in [2.75, 3.05) is 6.54 Å². The van der Waals surface area contributed by atoms with E-state index in [4.69, 9.17) is 0 Å². The summed E-state index contributed by atoms with van der Waals surface area (Å²) < 4.78 is 0. The lowest BCUT2D eigenvalue weighted by molar-refractivity contribution is 0.0572. The molecule has 0 aliphatic carbocycles. The number of carbonyl (C=O) groups excluding carboxylic acids is 1. The van der Waals surface area contributed by atoms with Gasteiger partial charge in [0.25, 0.3) is 5.91 Å². The average molecular weight is 234 g/mol. The molecular weight excluding hydrogens is 216 g/mol. The van der Waals surface area contributed by atoms with Crippen LogP contribution in [0.1, 0.15) is 37.0 Å². The van der Waals surface area contributed by atoms with E-state index in [1.807, 2.05) is 11.8 Å². The molecule has 2 heterocycles. The fourth-order valence-electron chi connectivity index (χ4n) is 2.31. The predicted octanol–water partition coefficient (Wildman–Crippen LogP) is 1.64. The van der Waals surface area contributed by atoms with Crippen molar-refractivity contribution in [2.24, 2.45) is 5.92 Å². The highest BCUT2D eigenvalue weighted by atomic mass is 16.2. The molecule has 0 bridgehead atoms. The summed E-state index contributed by atoms with van der Waals surface area (Å²) in [6.07, 6.45) is 5.20. The zero-order valence-electron chi connectivity index (χ0n) is 10.3. The second kappa shape index (κ2) is 4.73. The van der Waals surface area contributed by atoms with E-state index in [0.717, 1.165) is 19.4 Å². The highest BCUT2D eigenvalue weighted by molar-refractivity contribution is 5.94. The number of aromatic amines is 1. The number of carbonyl (C=O) groups is 1. The van der Waals surface area contributed by atoms with Gasteiger partial charge in [-0.2, -0.15) is 0 Å². The van der Waals surface area contributed by atoms with Gasteiger partial charge in [0.2, 0.25) is 0 Å². The summed E-state index contributed by atoms with van der Waals surface area (Å²) in [4.78, 5) is 28.5. The van der Waals surface area contributed by atoms with Gasteiger partial charge in [-0.3, -0.25) is 9.59 Å². The number of rotatable bonds is 1. The van der Waals surface area contributed by atoms with E-state index in [1.165, 1.54) is 12.3 Å². The van der Waals surface area contributed by atoms with Crippen LogP contribution in [0.15, 0.2) is 23.3 Å². The van der Waals surface area contributed by atoms with E-state index >= 15 is 0 Å². The van der Waals surface area contributed by atoms with Gasteiger partial charge >= 0.3 is 0 Å². The number of hydrogen-bond donors (Lipinski definition) is 1. The molecule has 17 heavy (non-hydrogen) atoms. The quantitative estimate of drug-likeness (QED) is 0.803. The average Bonchev–Trinajstić information content (AvgIpc) is 2.32. The second-order valence-corrected chi connectivity index (χ2v) is 4.91. The number of nitrogens with one attached hydrogen (secondary N) is 1. The van der Waals surface area contributed by atoms with Crippen LogP contribution in [0.3, 0.4) is 0 Å². The summed E-state index contributed by atoms with van der Waals surface area (Å²) in [5.74, 6) is 0.365. The number of amides is 1. The molecule has 0 radical (unpaired) electrons. The Hall–Kier alpha value is -1.58. The molecule has 1 aromatic rings. The number of likely N-dealkylation sites (tertiary alicyclic amines) is 1. The molecule has 0 saturated carbocycles. The zero-order valence-corrected chi connectivity index (χ0v) is 10.3. The lowest BCUT2D eigenvalue weighted by Gasteiger charge is -2.36. The molecule has 4 nitrogen and oxygen atoms in total. The Labute approximate surface area is 101 Å². The molecule has 2 atom stereocenters. The zero-order chi connectivity index (χ0) is 12.4. The van der Waals surface area contributed by atoms with Crippen molar-refractivity contribution in [3.8, 4) is 0 Å². The third-order valence-corrected chi connectivity index (χ3v) is 3.43. The first-order chi connectivity index (χ1) is 8.09. The first-order valence-electron chi connectivity index (χ1n) is 6.07. The molecule has 1 aliphatic heterocycles. The molecule has 1 aliphatic rings. The van der Waals surface area contributed by atoms with Crippen LogP contribution in [0.5, 0.6) is 0 Å². The van der Waals surface area contributed by atoms with Gasteiger partial charge in [-0.1, -0.05) is 6.92 Å². The fraction of sp³-hybridized carbons (Fsp3) is 0.538. The van der Waals surface area contributed by atoms with Crippen molar-refractivity contribution < 1.29 is 4.79 Å². The summed E-state index contributed by atoms with van der Waals surface area (Å²) in [6.45, 7) is 4.93. The van der Waals surface area contributed by atoms with Gasteiger partial charge in [0.05, 0.1) is 0 Å². The monoisotopic (exact) mass is 234 g/mol. The molecule has 1 N–H and O–H groups in total. The smallest absolute Gasteiger partial charge is 0.259 e. The van der Waals surface area contributed by atoms with Gasteiger partial charge in [0.1, 0.15) is 5.56 Å². The van der Waals surface area contributed by atoms with E-state index in [-0.39, 0.29) is 22.9 Å². The van der Waals surface area contributed by atoms with Crippen molar-refractivity contribution in [3.05, 3.63) is 34.2 Å². The minimum absolute atomic E-state index is 0.147. The Bertz CT molecular complexity index is 466. The Morgan fingerprint density at radius 3 is 2.88 bits per heavy atom. The van der Waals surface area contributed by atoms with Crippen LogP contribution in [0, 0.1) is 5.92 Å². The number of aromatic nitrogens is 1. The largest absolute Gasteiger partial charge is 0.367 e. The van der Waals surface area contributed by atoms with Gasteiger partial charge in [0.15, 0.2) is 5.43 Å². The summed E-state index contributed by atoms with van der Waals surface area (Å²) in [5.41, 5.74) is 0.0348. The number of nitrogens with zero attached hydrogens (tertiary/aromatic N) is 1. The molecule has 2 rings (SSSR count). The van der Waals surface area contributed by atoms with Gasteiger partial charge < -0.3 is 9.88 Å². The second-order valence-electron chi connectivity index (χ2n) is 4.91. The van der Waals surface area contributed by atoms with Gasteiger partial charge in [-0.15, -0.1) is 0 Å². The maximum absolute atomic E-state index is 12.3. The van der Waals surface area contributed by atoms with E-state index in [2.05, 4.69) is 11.9 Å². The van der Waals surface area contributed by atoms with Crippen LogP contribution >= 0.6 is 0 Å². The summed E-state index contributed by atoms with van der Waals surface area (Å²) in [6, 6.07) is 1.61. The number of H-pyrrole nitrogens is 1. The van der Waals surface area contributed by atoms with Crippen LogP contribution in [0.4, 0.5) is 0 Å². The van der Waals surface area contributed by atoms with Crippen LogP contribution in [-0.4, -0.2) is 28.4 Å². The first kappa shape index (κ1) is 11.9. The number of pyridine rings is 1. The van der Waals surface area contributed by atoms with Crippen molar-refractivity contribution in [2.45, 2.75) is 32.7 Å². The van der Waals surface area contributed by atoms with E-state index < -0.39 is 0 Å². The van der Waals surface area contributed by atoms with Gasteiger partial charge in [0, 0.05) is 31.0 Å². The van der Waals surface area contributed by atoms with E-state index in [9.17, 15) is 9.59 Å². The maximum atomic E-state index is 12.3. The Morgan fingerprint density at radius 1 is 1.41 bits per heavy atom. The van der Waals surface area contributed by atoms with E-state index in [1.54, 1.807) is 6.20 Å². The maximum Gasteiger partial charge on any atom is 0.259 e. The number of hydrogen-bond acceptors (Lipinski definition) is 2. The van der Waals surface area contributed by atoms with Crippen molar-refractivity contribution in [1.29, 1.82) is 0 Å². The number of piperidine rings is 1. The van der Waals surface area contributed by atoms with Gasteiger partial charge in [-0.05, 0) is 25.7 Å². The summed E-state index contributed by atoms with van der Waals surface area (Å²) >= 11 is 0. The summed E-state index contributed by atoms with van der Waals surface area (Å²) in [5, 5.41) is 0. The fourth-order valence-corrected chi connectivity index (χ4v) is 2.31. The SMILES string of the molecule is CC1CCC(C)N(C(=O)c2c[nH]ccc2=O)C1. The minimum Gasteiger partial charge on any atom is -0.367 e. The molecule has 0 spiro atoms. The molecule has 1 aromatic heterocycles. The first-order valence-corrected chi connectivity index (χ1v) is 6.07. The third-order valence-electron chi connectivity index (χ3n) is 3.43. The van der Waals surface area contributed by atoms with Crippen LogP contribution in [0.2, 0.25) is 0 Å². The highest BCUT2D eigenvalue weighted by Gasteiger charge is 2.28. The Morgan fingerprint density at radius 2 is 2.18 bits per heavy atom. The predicted molar refractivity (Wildman–Crippen MR) is 66.0 cm³/mol. The van der Waals surface area contributed by atoms with E-state index in [0.29, 0.717) is 5.92 Å². The molecule has 92 valence electrons. The molecular formula is C13H18N2O2. The minimum atomic E-state index is -0.209. The molecule has 0 aromatic carbocycles. The molecule has 4 heteroatoms. The van der Waals surface area contributed by atoms with Gasteiger partial charge in [-0.25, -0.2) is 0 Å². The molecule has 1 amide bonds. The topological polar surface area (TPSA) is 53.2 Å². The van der Waals surface area contributed by atoms with Crippen molar-refractivity contribution >= 4 is 5.91 Å². The summed E-state index contributed by atoms with van der Waals surface area (Å²) in [7, 11) is 0. The highest BCUT2D eigenvalue weighted by Crippen LogP contribution is 2.22. The Balaban J connectivity index is 2.25. The lowest BCUT2D eigenvalue weighted by Crippen LogP contribution is -2.46. The van der Waals surface area contributed by atoms with Crippen molar-refractivity contribution in [1.82, 2.24) is 9.88 Å².